The van der Waals surface area contributed by atoms with Gasteiger partial charge in [0.2, 0.25) is 15.3 Å². The van der Waals surface area contributed by atoms with Crippen LogP contribution in [0.2, 0.25) is 5.02 Å². The van der Waals surface area contributed by atoms with Gasteiger partial charge in [0.05, 0.1) is 5.71 Å². The SMILES string of the molecule is C=CS(=O)(=O)C1CC(c2ccc(Cl)cc2)=NO1. The van der Waals surface area contributed by atoms with Gasteiger partial charge in [0, 0.05) is 16.9 Å². The first-order chi connectivity index (χ1) is 8.03. The third-order valence-electron chi connectivity index (χ3n) is 2.42. The molecule has 1 heterocycles. The molecule has 1 aromatic rings. The zero-order chi connectivity index (χ0) is 12.5. The van der Waals surface area contributed by atoms with Crippen molar-refractivity contribution in [3.05, 3.63) is 46.8 Å². The van der Waals surface area contributed by atoms with E-state index in [9.17, 15) is 8.42 Å². The van der Waals surface area contributed by atoms with Crippen LogP contribution in [0.5, 0.6) is 0 Å². The summed E-state index contributed by atoms with van der Waals surface area (Å²) in [6.45, 7) is 3.25. The monoisotopic (exact) mass is 271 g/mol. The molecule has 2 rings (SSSR count). The highest BCUT2D eigenvalue weighted by molar-refractivity contribution is 7.94. The average Bonchev–Trinajstić information content (AvgIpc) is 2.80. The van der Waals surface area contributed by atoms with E-state index in [-0.39, 0.29) is 6.42 Å². The lowest BCUT2D eigenvalue weighted by atomic mass is 10.1. The lowest BCUT2D eigenvalue weighted by molar-refractivity contribution is 0.141. The Hall–Kier alpha value is -1.33. The van der Waals surface area contributed by atoms with E-state index < -0.39 is 15.3 Å². The maximum absolute atomic E-state index is 11.5. The van der Waals surface area contributed by atoms with Crippen LogP contribution in [-0.2, 0) is 14.7 Å². The molecular formula is C11H10ClNO3S. The molecule has 1 aromatic carbocycles. The van der Waals surface area contributed by atoms with E-state index in [2.05, 4.69) is 11.7 Å². The third kappa shape index (κ3) is 2.50. The Morgan fingerprint density at radius 2 is 2.06 bits per heavy atom. The van der Waals surface area contributed by atoms with Crippen LogP contribution in [0.15, 0.2) is 41.4 Å². The van der Waals surface area contributed by atoms with E-state index >= 15 is 0 Å². The van der Waals surface area contributed by atoms with Crippen molar-refractivity contribution < 1.29 is 13.3 Å². The van der Waals surface area contributed by atoms with Crippen LogP contribution in [0.25, 0.3) is 0 Å². The minimum Gasteiger partial charge on any atom is -0.375 e. The van der Waals surface area contributed by atoms with E-state index in [0.717, 1.165) is 11.0 Å². The molecule has 1 aliphatic heterocycles. The first-order valence-electron chi connectivity index (χ1n) is 4.88. The fourth-order valence-corrected chi connectivity index (χ4v) is 2.34. The van der Waals surface area contributed by atoms with Gasteiger partial charge < -0.3 is 4.84 Å². The summed E-state index contributed by atoms with van der Waals surface area (Å²) >= 11 is 5.76. The summed E-state index contributed by atoms with van der Waals surface area (Å²) in [5.74, 6) is 0. The number of oxime groups is 1. The highest BCUT2D eigenvalue weighted by Gasteiger charge is 2.31. The summed E-state index contributed by atoms with van der Waals surface area (Å²) in [5.41, 5.74) is 0.430. The third-order valence-corrected chi connectivity index (χ3v) is 4.12. The second-order valence-electron chi connectivity index (χ2n) is 3.54. The molecule has 0 aromatic heterocycles. The van der Waals surface area contributed by atoms with Crippen molar-refractivity contribution in [1.82, 2.24) is 0 Å². The van der Waals surface area contributed by atoms with Crippen molar-refractivity contribution in [2.75, 3.05) is 0 Å². The molecule has 1 atom stereocenters. The largest absolute Gasteiger partial charge is 0.375 e. The van der Waals surface area contributed by atoms with E-state index in [1.807, 2.05) is 0 Å². The van der Waals surface area contributed by atoms with Crippen molar-refractivity contribution in [2.24, 2.45) is 5.16 Å². The fraction of sp³-hybridized carbons (Fsp3) is 0.182. The molecule has 17 heavy (non-hydrogen) atoms. The lowest BCUT2D eigenvalue weighted by Crippen LogP contribution is -2.18. The average molecular weight is 272 g/mol. The molecule has 0 bridgehead atoms. The number of rotatable bonds is 3. The van der Waals surface area contributed by atoms with Gasteiger partial charge >= 0.3 is 0 Å². The quantitative estimate of drug-likeness (QED) is 0.848. The van der Waals surface area contributed by atoms with Crippen LogP contribution in [0.1, 0.15) is 12.0 Å². The Balaban J connectivity index is 2.18. The summed E-state index contributed by atoms with van der Waals surface area (Å²) in [7, 11) is -3.45. The first-order valence-corrected chi connectivity index (χ1v) is 6.86. The Bertz CT molecular complexity index is 563. The number of nitrogens with zero attached hydrogens (tertiary/aromatic N) is 1. The normalized spacial score (nSPS) is 19.6. The minimum absolute atomic E-state index is 0.218. The minimum atomic E-state index is -3.45. The standard InChI is InChI=1S/C11H10ClNO3S/c1-2-17(14,15)11-7-10(13-16-11)8-3-5-9(12)6-4-8/h2-6,11H,1,7H2. The van der Waals surface area contributed by atoms with Crippen molar-refractivity contribution in [2.45, 2.75) is 11.9 Å². The fourth-order valence-electron chi connectivity index (χ4n) is 1.45. The second kappa shape index (κ2) is 4.50. The molecular weight excluding hydrogens is 262 g/mol. The van der Waals surface area contributed by atoms with Gasteiger partial charge in [0.25, 0.3) is 0 Å². The highest BCUT2D eigenvalue weighted by Crippen LogP contribution is 2.22. The van der Waals surface area contributed by atoms with Crippen molar-refractivity contribution >= 4 is 27.1 Å². The van der Waals surface area contributed by atoms with Crippen LogP contribution in [0, 0.1) is 0 Å². The predicted molar refractivity (Wildman–Crippen MR) is 66.6 cm³/mol. The van der Waals surface area contributed by atoms with E-state index in [4.69, 9.17) is 16.4 Å². The van der Waals surface area contributed by atoms with Crippen LogP contribution in [-0.4, -0.2) is 19.6 Å². The molecule has 0 amide bonds. The molecule has 6 heteroatoms. The predicted octanol–water partition coefficient (Wildman–Crippen LogP) is 2.35. The molecule has 0 N–H and O–H groups in total. The van der Waals surface area contributed by atoms with Gasteiger partial charge in [0.15, 0.2) is 0 Å². The van der Waals surface area contributed by atoms with Gasteiger partial charge in [-0.05, 0) is 17.7 Å². The lowest BCUT2D eigenvalue weighted by Gasteiger charge is -2.04. The molecule has 0 spiro atoms. The van der Waals surface area contributed by atoms with Crippen molar-refractivity contribution in [3.63, 3.8) is 0 Å². The van der Waals surface area contributed by atoms with Gasteiger partial charge in [-0.15, -0.1) is 0 Å². The summed E-state index contributed by atoms with van der Waals surface area (Å²) in [4.78, 5) is 4.90. The number of sulfone groups is 1. The van der Waals surface area contributed by atoms with Gasteiger partial charge in [-0.3, -0.25) is 0 Å². The zero-order valence-electron chi connectivity index (χ0n) is 8.84. The van der Waals surface area contributed by atoms with E-state index in [0.29, 0.717) is 10.7 Å². The molecule has 0 fully saturated rings. The van der Waals surface area contributed by atoms with Crippen LogP contribution < -0.4 is 0 Å². The smallest absolute Gasteiger partial charge is 0.236 e. The Kier molecular flexibility index (Phi) is 3.22. The molecule has 1 aliphatic rings. The van der Waals surface area contributed by atoms with Crippen molar-refractivity contribution in [1.29, 1.82) is 0 Å². The number of hydrogen-bond acceptors (Lipinski definition) is 4. The van der Waals surface area contributed by atoms with Gasteiger partial charge in [0.1, 0.15) is 0 Å². The molecule has 0 saturated carbocycles. The maximum atomic E-state index is 11.5. The first kappa shape index (κ1) is 12.1. The molecule has 0 radical (unpaired) electrons. The van der Waals surface area contributed by atoms with Crippen LogP contribution in [0.4, 0.5) is 0 Å². The van der Waals surface area contributed by atoms with Gasteiger partial charge in [-0.25, -0.2) is 8.42 Å². The number of halogens is 1. The molecule has 4 nitrogen and oxygen atoms in total. The zero-order valence-corrected chi connectivity index (χ0v) is 10.4. The molecule has 0 aliphatic carbocycles. The Morgan fingerprint density at radius 1 is 1.41 bits per heavy atom. The van der Waals surface area contributed by atoms with Gasteiger partial charge in [-0.2, -0.15) is 0 Å². The highest BCUT2D eigenvalue weighted by atomic mass is 35.5. The number of benzene rings is 1. The Morgan fingerprint density at radius 3 is 2.65 bits per heavy atom. The summed E-state index contributed by atoms with van der Waals surface area (Å²) in [5, 5.41) is 5.28. The van der Waals surface area contributed by atoms with Gasteiger partial charge in [-0.1, -0.05) is 35.5 Å². The van der Waals surface area contributed by atoms with Crippen LogP contribution in [0.3, 0.4) is 0 Å². The topological polar surface area (TPSA) is 55.7 Å². The van der Waals surface area contributed by atoms with Crippen molar-refractivity contribution in [3.8, 4) is 0 Å². The summed E-state index contributed by atoms with van der Waals surface area (Å²) in [6.07, 6.45) is 0.218. The molecule has 1 unspecified atom stereocenters. The Labute approximate surface area is 104 Å². The van der Waals surface area contributed by atoms with Crippen LogP contribution >= 0.6 is 11.6 Å². The second-order valence-corrected chi connectivity index (χ2v) is 6.01. The molecule has 0 saturated heterocycles. The molecule has 90 valence electrons. The maximum Gasteiger partial charge on any atom is 0.236 e. The summed E-state index contributed by atoms with van der Waals surface area (Å²) in [6, 6.07) is 6.98. The van der Waals surface area contributed by atoms with E-state index in [1.165, 1.54) is 0 Å². The summed E-state index contributed by atoms with van der Waals surface area (Å²) < 4.78 is 23.0. The van der Waals surface area contributed by atoms with E-state index in [1.54, 1.807) is 24.3 Å². The number of hydrogen-bond donors (Lipinski definition) is 0.